The van der Waals surface area contributed by atoms with E-state index in [0.29, 0.717) is 10.7 Å². The van der Waals surface area contributed by atoms with Gasteiger partial charge in [-0.15, -0.1) is 0 Å². The fourth-order valence-electron chi connectivity index (χ4n) is 2.48. The van der Waals surface area contributed by atoms with Crippen LogP contribution in [0.2, 0.25) is 5.02 Å². The van der Waals surface area contributed by atoms with Crippen molar-refractivity contribution >= 4 is 40.7 Å². The predicted molar refractivity (Wildman–Crippen MR) is 75.1 cm³/mol. The van der Waals surface area contributed by atoms with Crippen molar-refractivity contribution in [2.75, 3.05) is 4.90 Å². The van der Waals surface area contributed by atoms with Gasteiger partial charge < -0.3 is 0 Å². The van der Waals surface area contributed by atoms with Crippen LogP contribution in [0.1, 0.15) is 18.4 Å². The van der Waals surface area contributed by atoms with Crippen LogP contribution in [0, 0.1) is 6.92 Å². The van der Waals surface area contributed by atoms with Crippen molar-refractivity contribution in [3.05, 3.63) is 28.8 Å². The first-order chi connectivity index (χ1) is 9.43. The van der Waals surface area contributed by atoms with Crippen LogP contribution in [0.25, 0.3) is 0 Å². The van der Waals surface area contributed by atoms with Gasteiger partial charge in [-0.1, -0.05) is 29.3 Å². The van der Waals surface area contributed by atoms with Gasteiger partial charge in [0.1, 0.15) is 5.50 Å². The van der Waals surface area contributed by atoms with Gasteiger partial charge in [-0.25, -0.2) is 4.90 Å². The topological polar surface area (TPSA) is 62.1 Å². The van der Waals surface area contributed by atoms with E-state index < -0.39 is 11.0 Å². The SMILES string of the molecule is Cc1ccc(N2C(=O)CC3(CC(Cl)N=N3)C2=O)cc1Cl. The summed E-state index contributed by atoms with van der Waals surface area (Å²) in [6.07, 6.45) is 0.263. The molecule has 0 aromatic heterocycles. The van der Waals surface area contributed by atoms with E-state index in [1.165, 1.54) is 0 Å². The molecule has 1 fully saturated rings. The summed E-state index contributed by atoms with van der Waals surface area (Å²) in [5, 5.41) is 8.23. The number of anilines is 1. The number of hydrogen-bond donors (Lipinski definition) is 0. The van der Waals surface area contributed by atoms with E-state index in [0.717, 1.165) is 10.5 Å². The van der Waals surface area contributed by atoms with Crippen LogP contribution in [0.15, 0.2) is 28.4 Å². The molecule has 2 unspecified atom stereocenters. The minimum absolute atomic E-state index is 0.00402. The largest absolute Gasteiger partial charge is 0.274 e. The van der Waals surface area contributed by atoms with Crippen molar-refractivity contribution in [3.8, 4) is 0 Å². The van der Waals surface area contributed by atoms with Crippen molar-refractivity contribution in [2.24, 2.45) is 10.2 Å². The Labute approximate surface area is 125 Å². The number of azo groups is 1. The number of amides is 2. The maximum atomic E-state index is 12.5. The number of aryl methyl sites for hydroxylation is 1. The van der Waals surface area contributed by atoms with Gasteiger partial charge in [0.2, 0.25) is 5.91 Å². The minimum Gasteiger partial charge on any atom is -0.274 e. The van der Waals surface area contributed by atoms with Crippen LogP contribution in [0.4, 0.5) is 5.69 Å². The molecule has 0 saturated carbocycles. The van der Waals surface area contributed by atoms with Crippen LogP contribution in [-0.2, 0) is 9.59 Å². The maximum absolute atomic E-state index is 12.5. The summed E-state index contributed by atoms with van der Waals surface area (Å²) in [6.45, 7) is 1.85. The molecule has 2 atom stereocenters. The molecule has 5 nitrogen and oxygen atoms in total. The zero-order chi connectivity index (χ0) is 14.5. The number of alkyl halides is 1. The number of carbonyl (C=O) groups excluding carboxylic acids is 2. The highest BCUT2D eigenvalue weighted by Gasteiger charge is 2.56. The van der Waals surface area contributed by atoms with Gasteiger partial charge in [0.25, 0.3) is 5.91 Å². The van der Waals surface area contributed by atoms with Crippen LogP contribution in [0.3, 0.4) is 0 Å². The first-order valence-electron chi connectivity index (χ1n) is 6.13. The molecular weight excluding hydrogens is 301 g/mol. The van der Waals surface area contributed by atoms with E-state index in [9.17, 15) is 9.59 Å². The van der Waals surface area contributed by atoms with Crippen molar-refractivity contribution < 1.29 is 9.59 Å². The number of halogens is 2. The summed E-state index contributed by atoms with van der Waals surface area (Å²) in [4.78, 5) is 25.8. The molecule has 0 bridgehead atoms. The number of nitrogens with zero attached hydrogens (tertiary/aromatic N) is 3. The summed E-state index contributed by atoms with van der Waals surface area (Å²) >= 11 is 11.9. The Bertz CT molecular complexity index is 647. The zero-order valence-corrected chi connectivity index (χ0v) is 12.1. The molecule has 1 saturated heterocycles. The molecule has 1 aromatic rings. The lowest BCUT2D eigenvalue weighted by Crippen LogP contribution is -2.38. The van der Waals surface area contributed by atoms with Crippen LogP contribution < -0.4 is 4.90 Å². The predicted octanol–water partition coefficient (Wildman–Crippen LogP) is 3.07. The third-order valence-corrected chi connectivity index (χ3v) is 4.24. The lowest BCUT2D eigenvalue weighted by atomic mass is 9.95. The van der Waals surface area contributed by atoms with Crippen molar-refractivity contribution in [1.82, 2.24) is 0 Å². The lowest BCUT2D eigenvalue weighted by Gasteiger charge is -2.18. The second-order valence-corrected chi connectivity index (χ2v) is 5.94. The molecule has 2 aliphatic heterocycles. The second kappa shape index (κ2) is 4.53. The molecule has 104 valence electrons. The summed E-state index contributed by atoms with van der Waals surface area (Å²) in [7, 11) is 0. The van der Waals surface area contributed by atoms with Gasteiger partial charge in [-0.2, -0.15) is 10.2 Å². The van der Waals surface area contributed by atoms with Gasteiger partial charge in [0.05, 0.1) is 12.1 Å². The molecule has 0 N–H and O–H groups in total. The highest BCUT2D eigenvalue weighted by Crippen LogP contribution is 2.41. The quantitative estimate of drug-likeness (QED) is 0.454. The Hall–Kier alpha value is -1.46. The van der Waals surface area contributed by atoms with Crippen molar-refractivity contribution in [1.29, 1.82) is 0 Å². The molecular formula is C13H11Cl2N3O2. The first-order valence-corrected chi connectivity index (χ1v) is 6.94. The van der Waals surface area contributed by atoms with Crippen LogP contribution >= 0.6 is 23.2 Å². The molecule has 7 heteroatoms. The van der Waals surface area contributed by atoms with E-state index in [1.807, 2.05) is 6.92 Å². The standard InChI is InChI=1S/C13H11Cl2N3O2/c1-7-2-3-8(4-9(7)14)18-11(19)6-13(12(18)20)5-10(15)16-17-13/h2-4,10H,5-6H2,1H3. The third-order valence-electron chi connectivity index (χ3n) is 3.59. The highest BCUT2D eigenvalue weighted by molar-refractivity contribution is 6.32. The van der Waals surface area contributed by atoms with Gasteiger partial charge in [0.15, 0.2) is 5.54 Å². The van der Waals surface area contributed by atoms with Crippen molar-refractivity contribution in [3.63, 3.8) is 0 Å². The summed E-state index contributed by atoms with van der Waals surface area (Å²) < 4.78 is 0. The zero-order valence-electron chi connectivity index (χ0n) is 10.6. The molecule has 3 rings (SSSR count). The molecule has 20 heavy (non-hydrogen) atoms. The van der Waals surface area contributed by atoms with Gasteiger partial charge in [0, 0.05) is 11.4 Å². The normalized spacial score (nSPS) is 28.9. The Kier molecular flexibility index (Phi) is 3.06. The average Bonchev–Trinajstić information content (AvgIpc) is 2.86. The van der Waals surface area contributed by atoms with Crippen LogP contribution in [0.5, 0.6) is 0 Å². The van der Waals surface area contributed by atoms with Gasteiger partial charge in [-0.05, 0) is 24.6 Å². The Balaban J connectivity index is 1.99. The Morgan fingerprint density at radius 3 is 2.75 bits per heavy atom. The van der Waals surface area contributed by atoms with E-state index in [4.69, 9.17) is 23.2 Å². The summed E-state index contributed by atoms with van der Waals surface area (Å²) in [6, 6.07) is 5.07. The number of imide groups is 1. The highest BCUT2D eigenvalue weighted by atomic mass is 35.5. The second-order valence-electron chi connectivity index (χ2n) is 5.03. The van der Waals surface area contributed by atoms with Crippen molar-refractivity contribution in [2.45, 2.75) is 30.8 Å². The molecule has 2 heterocycles. The average molecular weight is 312 g/mol. The van der Waals surface area contributed by atoms with E-state index >= 15 is 0 Å². The van der Waals surface area contributed by atoms with E-state index in [2.05, 4.69) is 10.2 Å². The number of benzene rings is 1. The monoisotopic (exact) mass is 311 g/mol. The number of carbonyl (C=O) groups is 2. The molecule has 0 radical (unpaired) electrons. The number of hydrogen-bond acceptors (Lipinski definition) is 4. The maximum Gasteiger partial charge on any atom is 0.264 e. The smallest absolute Gasteiger partial charge is 0.264 e. The third kappa shape index (κ3) is 1.93. The van der Waals surface area contributed by atoms with E-state index in [-0.39, 0.29) is 24.7 Å². The fourth-order valence-corrected chi connectivity index (χ4v) is 2.95. The lowest BCUT2D eigenvalue weighted by molar-refractivity contribution is -0.122. The number of rotatable bonds is 1. The van der Waals surface area contributed by atoms with Gasteiger partial charge in [-0.3, -0.25) is 9.59 Å². The summed E-state index contributed by atoms with van der Waals surface area (Å²) in [5.74, 6) is -0.686. The molecule has 2 aliphatic rings. The molecule has 2 amide bonds. The molecule has 1 aromatic carbocycles. The van der Waals surface area contributed by atoms with E-state index in [1.54, 1.807) is 18.2 Å². The summed E-state index contributed by atoms with van der Waals surface area (Å²) in [5.41, 5.74) is -0.333. The van der Waals surface area contributed by atoms with Gasteiger partial charge >= 0.3 is 0 Å². The molecule has 0 aliphatic carbocycles. The fraction of sp³-hybridized carbons (Fsp3) is 0.385. The minimum atomic E-state index is -1.12. The van der Waals surface area contributed by atoms with Crippen LogP contribution in [-0.4, -0.2) is 22.9 Å². The Morgan fingerprint density at radius 2 is 2.15 bits per heavy atom. The Morgan fingerprint density at radius 1 is 1.40 bits per heavy atom. The molecule has 1 spiro atoms. The first kappa shape index (κ1) is 13.5.